The van der Waals surface area contributed by atoms with Gasteiger partial charge in [-0.05, 0) is 34.9 Å². The lowest BCUT2D eigenvalue weighted by molar-refractivity contribution is -0.384. The van der Waals surface area contributed by atoms with Gasteiger partial charge < -0.3 is 9.64 Å². The maximum Gasteiger partial charge on any atom is 0.308 e. The van der Waals surface area contributed by atoms with Crippen LogP contribution in [0.4, 0.5) is 5.69 Å². The molecule has 1 aliphatic heterocycles. The first-order chi connectivity index (χ1) is 13.0. The van der Waals surface area contributed by atoms with Crippen molar-refractivity contribution in [1.82, 2.24) is 4.90 Å². The summed E-state index contributed by atoms with van der Waals surface area (Å²) in [5, 5.41) is 10.7. The minimum Gasteiger partial charge on any atom is -0.461 e. The number of nitrogens with zero attached hydrogens (tertiary/aromatic N) is 2. The number of esters is 1. The second-order valence-corrected chi connectivity index (χ2v) is 6.18. The van der Waals surface area contributed by atoms with Crippen LogP contribution in [-0.4, -0.2) is 21.7 Å². The van der Waals surface area contributed by atoms with Gasteiger partial charge in [-0.3, -0.25) is 19.7 Å². The molecule has 138 valence electrons. The van der Waals surface area contributed by atoms with Gasteiger partial charge in [-0.25, -0.2) is 0 Å². The van der Waals surface area contributed by atoms with Gasteiger partial charge in [-0.1, -0.05) is 24.3 Å². The quantitative estimate of drug-likeness (QED) is 0.458. The second-order valence-electron chi connectivity index (χ2n) is 6.18. The summed E-state index contributed by atoms with van der Waals surface area (Å²) in [6.45, 7) is 1.47. The Bertz CT molecular complexity index is 905. The van der Waals surface area contributed by atoms with Gasteiger partial charge in [-0.15, -0.1) is 0 Å². The molecule has 0 bridgehead atoms. The van der Waals surface area contributed by atoms with E-state index in [0.29, 0.717) is 5.56 Å². The SMILES string of the molecule is CC(=O)N1C=Cc2ccccc2[C@@H]1CC(=O)OCc1ccc([N+](=O)[O-])cc1. The third-order valence-corrected chi connectivity index (χ3v) is 4.38. The summed E-state index contributed by atoms with van der Waals surface area (Å²) >= 11 is 0. The summed E-state index contributed by atoms with van der Waals surface area (Å²) < 4.78 is 5.30. The summed E-state index contributed by atoms with van der Waals surface area (Å²) in [6.07, 6.45) is 3.54. The molecule has 0 fully saturated rings. The van der Waals surface area contributed by atoms with Gasteiger partial charge in [0, 0.05) is 25.3 Å². The number of carbonyl (C=O) groups excluding carboxylic acids is 2. The number of non-ortho nitro benzene ring substituents is 1. The third kappa shape index (κ3) is 4.20. The Morgan fingerprint density at radius 1 is 1.15 bits per heavy atom. The molecule has 7 heteroatoms. The zero-order valence-corrected chi connectivity index (χ0v) is 14.7. The Morgan fingerprint density at radius 2 is 1.85 bits per heavy atom. The van der Waals surface area contributed by atoms with Crippen molar-refractivity contribution in [3.05, 3.63) is 81.5 Å². The highest BCUT2D eigenvalue weighted by Gasteiger charge is 2.28. The fourth-order valence-corrected chi connectivity index (χ4v) is 3.01. The summed E-state index contributed by atoms with van der Waals surface area (Å²) in [5.74, 6) is -0.608. The van der Waals surface area contributed by atoms with Gasteiger partial charge in [0.2, 0.25) is 5.91 Å². The van der Waals surface area contributed by atoms with Crippen molar-refractivity contribution in [2.75, 3.05) is 0 Å². The summed E-state index contributed by atoms with van der Waals surface area (Å²) in [4.78, 5) is 36.0. The molecular weight excluding hydrogens is 348 g/mol. The van der Waals surface area contributed by atoms with Crippen LogP contribution in [0.5, 0.6) is 0 Å². The summed E-state index contributed by atoms with van der Waals surface area (Å²) in [6, 6.07) is 13.0. The number of nitro benzene ring substituents is 1. The second kappa shape index (κ2) is 7.82. The van der Waals surface area contributed by atoms with Gasteiger partial charge in [-0.2, -0.15) is 0 Å². The standard InChI is InChI=1S/C20H18N2O5/c1-14(23)21-11-10-16-4-2-3-5-18(16)19(21)12-20(24)27-13-15-6-8-17(9-7-15)22(25)26/h2-11,19H,12-13H2,1H3/t19-/m0/s1. The molecule has 1 amide bonds. The van der Waals surface area contributed by atoms with Gasteiger partial charge >= 0.3 is 5.97 Å². The van der Waals surface area contributed by atoms with Crippen molar-refractivity contribution in [2.24, 2.45) is 0 Å². The lowest BCUT2D eigenvalue weighted by Crippen LogP contribution is -2.32. The van der Waals surface area contributed by atoms with E-state index in [-0.39, 0.29) is 24.6 Å². The normalized spacial score (nSPS) is 15.1. The molecule has 2 aromatic carbocycles. The van der Waals surface area contributed by atoms with Crippen LogP contribution in [-0.2, 0) is 20.9 Å². The van der Waals surface area contributed by atoms with E-state index in [1.54, 1.807) is 18.3 Å². The van der Waals surface area contributed by atoms with Crippen molar-refractivity contribution in [3.8, 4) is 0 Å². The number of ether oxygens (including phenoxy) is 1. The number of fused-ring (bicyclic) bond motifs is 1. The van der Waals surface area contributed by atoms with Gasteiger partial charge in [0.1, 0.15) is 6.61 Å². The van der Waals surface area contributed by atoms with Gasteiger partial charge in [0.15, 0.2) is 0 Å². The monoisotopic (exact) mass is 366 g/mol. The first kappa shape index (κ1) is 18.3. The van der Waals surface area contributed by atoms with Gasteiger partial charge in [0.25, 0.3) is 5.69 Å². The van der Waals surface area contributed by atoms with Crippen LogP contribution in [0.2, 0.25) is 0 Å². The molecule has 0 unspecified atom stereocenters. The Labute approximate surface area is 156 Å². The zero-order valence-electron chi connectivity index (χ0n) is 14.7. The van der Waals surface area contributed by atoms with E-state index in [1.165, 1.54) is 24.0 Å². The number of amides is 1. The largest absolute Gasteiger partial charge is 0.461 e. The van der Waals surface area contributed by atoms with Gasteiger partial charge in [0.05, 0.1) is 17.4 Å². The molecule has 1 aliphatic rings. The Hall–Kier alpha value is -3.48. The van der Waals surface area contributed by atoms with E-state index in [2.05, 4.69) is 0 Å². The minimum absolute atomic E-state index is 0.0150. The van der Waals surface area contributed by atoms with E-state index in [4.69, 9.17) is 4.74 Å². The van der Waals surface area contributed by atoms with E-state index >= 15 is 0 Å². The first-order valence-corrected chi connectivity index (χ1v) is 8.40. The van der Waals surface area contributed by atoms with Crippen molar-refractivity contribution >= 4 is 23.6 Å². The molecule has 0 aromatic heterocycles. The van der Waals surface area contributed by atoms with Crippen LogP contribution in [0.3, 0.4) is 0 Å². The lowest BCUT2D eigenvalue weighted by Gasteiger charge is -2.32. The molecule has 3 rings (SSSR count). The molecule has 7 nitrogen and oxygen atoms in total. The Kier molecular flexibility index (Phi) is 5.30. The molecule has 2 aromatic rings. The zero-order chi connectivity index (χ0) is 19.4. The van der Waals surface area contributed by atoms with E-state index < -0.39 is 16.9 Å². The average molecular weight is 366 g/mol. The van der Waals surface area contributed by atoms with E-state index in [9.17, 15) is 19.7 Å². The maximum absolute atomic E-state index is 12.3. The molecular formula is C20H18N2O5. The third-order valence-electron chi connectivity index (χ3n) is 4.38. The number of rotatable bonds is 5. The Morgan fingerprint density at radius 3 is 2.52 bits per heavy atom. The number of benzene rings is 2. The summed E-state index contributed by atoms with van der Waals surface area (Å²) in [7, 11) is 0. The molecule has 0 aliphatic carbocycles. The number of nitro groups is 1. The molecule has 0 saturated carbocycles. The van der Waals surface area contributed by atoms with Crippen molar-refractivity contribution in [2.45, 2.75) is 26.0 Å². The van der Waals surface area contributed by atoms with E-state index in [0.717, 1.165) is 11.1 Å². The van der Waals surface area contributed by atoms with Crippen LogP contribution >= 0.6 is 0 Å². The number of carbonyl (C=O) groups is 2. The van der Waals surface area contributed by atoms with Crippen molar-refractivity contribution < 1.29 is 19.2 Å². The fourth-order valence-electron chi connectivity index (χ4n) is 3.01. The fraction of sp³-hybridized carbons (Fsp3) is 0.200. The van der Waals surface area contributed by atoms with Crippen LogP contribution in [0.15, 0.2) is 54.7 Å². The van der Waals surface area contributed by atoms with Crippen LogP contribution < -0.4 is 0 Å². The number of hydrogen-bond acceptors (Lipinski definition) is 5. The smallest absolute Gasteiger partial charge is 0.308 e. The highest BCUT2D eigenvalue weighted by Crippen LogP contribution is 2.33. The average Bonchev–Trinajstić information content (AvgIpc) is 2.66. The Balaban J connectivity index is 1.67. The van der Waals surface area contributed by atoms with Crippen LogP contribution in [0.25, 0.3) is 6.08 Å². The van der Waals surface area contributed by atoms with E-state index in [1.807, 2.05) is 30.3 Å². The maximum atomic E-state index is 12.3. The molecule has 1 heterocycles. The first-order valence-electron chi connectivity index (χ1n) is 8.40. The topological polar surface area (TPSA) is 89.8 Å². The predicted octanol–water partition coefficient (Wildman–Crippen LogP) is 3.60. The molecule has 0 spiro atoms. The highest BCUT2D eigenvalue weighted by molar-refractivity contribution is 5.80. The van der Waals surface area contributed by atoms with Crippen molar-refractivity contribution in [1.29, 1.82) is 0 Å². The predicted molar refractivity (Wildman–Crippen MR) is 98.2 cm³/mol. The summed E-state index contributed by atoms with van der Waals surface area (Å²) in [5.41, 5.74) is 2.49. The molecule has 0 radical (unpaired) electrons. The molecule has 0 N–H and O–H groups in total. The molecule has 27 heavy (non-hydrogen) atoms. The van der Waals surface area contributed by atoms with Crippen LogP contribution in [0, 0.1) is 10.1 Å². The van der Waals surface area contributed by atoms with Crippen molar-refractivity contribution in [3.63, 3.8) is 0 Å². The molecule has 1 atom stereocenters. The molecule has 0 saturated heterocycles. The lowest BCUT2D eigenvalue weighted by atomic mass is 9.94. The number of hydrogen-bond donors (Lipinski definition) is 0. The minimum atomic E-state index is -0.486. The highest BCUT2D eigenvalue weighted by atomic mass is 16.6. The van der Waals surface area contributed by atoms with Crippen LogP contribution in [0.1, 0.15) is 36.1 Å².